The van der Waals surface area contributed by atoms with Crippen LogP contribution in [0.25, 0.3) is 10.8 Å². The lowest BCUT2D eigenvalue weighted by Gasteiger charge is -2.31. The van der Waals surface area contributed by atoms with Gasteiger partial charge < -0.3 is 10.1 Å². The molecule has 1 heterocycles. The predicted molar refractivity (Wildman–Crippen MR) is 85.0 cm³/mol. The summed E-state index contributed by atoms with van der Waals surface area (Å²) in [6.45, 7) is 3.30. The van der Waals surface area contributed by atoms with Crippen molar-refractivity contribution in [2.24, 2.45) is 10.3 Å². The SMILES string of the molecule is ON=CN1CCN(N=Cc2ccc3ccccc3c2)CC1. The molecule has 0 aliphatic carbocycles. The van der Waals surface area contributed by atoms with Gasteiger partial charge in [0.2, 0.25) is 0 Å². The monoisotopic (exact) mass is 282 g/mol. The number of piperazine rings is 1. The second kappa shape index (κ2) is 6.26. The van der Waals surface area contributed by atoms with Crippen molar-refractivity contribution in [2.45, 2.75) is 0 Å². The van der Waals surface area contributed by atoms with E-state index in [4.69, 9.17) is 5.21 Å². The van der Waals surface area contributed by atoms with Gasteiger partial charge in [-0.2, -0.15) is 5.10 Å². The van der Waals surface area contributed by atoms with E-state index in [9.17, 15) is 0 Å². The minimum Gasteiger partial charge on any atom is -0.410 e. The lowest BCUT2D eigenvalue weighted by molar-refractivity contribution is 0.188. The van der Waals surface area contributed by atoms with Gasteiger partial charge in [0, 0.05) is 13.1 Å². The van der Waals surface area contributed by atoms with Gasteiger partial charge in [-0.15, -0.1) is 0 Å². The Morgan fingerprint density at radius 3 is 2.48 bits per heavy atom. The topological polar surface area (TPSA) is 51.4 Å². The summed E-state index contributed by atoms with van der Waals surface area (Å²) in [5, 5.41) is 20.6. The summed E-state index contributed by atoms with van der Waals surface area (Å²) in [5.41, 5.74) is 1.10. The van der Waals surface area contributed by atoms with Gasteiger partial charge in [0.1, 0.15) is 6.34 Å². The Morgan fingerprint density at radius 1 is 0.952 bits per heavy atom. The van der Waals surface area contributed by atoms with Crippen LogP contribution < -0.4 is 0 Å². The van der Waals surface area contributed by atoms with Gasteiger partial charge >= 0.3 is 0 Å². The molecule has 1 fully saturated rings. The molecule has 0 spiro atoms. The smallest absolute Gasteiger partial charge is 0.130 e. The molecule has 1 aliphatic heterocycles. The zero-order chi connectivity index (χ0) is 14.5. The molecule has 0 saturated carbocycles. The van der Waals surface area contributed by atoms with E-state index in [-0.39, 0.29) is 0 Å². The molecule has 21 heavy (non-hydrogen) atoms. The van der Waals surface area contributed by atoms with Crippen molar-refractivity contribution in [1.82, 2.24) is 9.91 Å². The van der Waals surface area contributed by atoms with Gasteiger partial charge in [-0.1, -0.05) is 41.6 Å². The molecule has 0 bridgehead atoms. The van der Waals surface area contributed by atoms with Crippen LogP contribution in [0.5, 0.6) is 0 Å². The Bertz CT molecular complexity index is 660. The molecule has 0 atom stereocenters. The highest BCUT2D eigenvalue weighted by atomic mass is 16.4. The van der Waals surface area contributed by atoms with E-state index in [0.29, 0.717) is 0 Å². The van der Waals surface area contributed by atoms with E-state index >= 15 is 0 Å². The largest absolute Gasteiger partial charge is 0.410 e. The molecule has 1 N–H and O–H groups in total. The lowest BCUT2D eigenvalue weighted by Crippen LogP contribution is -2.43. The normalized spacial score (nSPS) is 16.4. The summed E-state index contributed by atoms with van der Waals surface area (Å²) in [4.78, 5) is 1.97. The number of hydrogen-bond acceptors (Lipinski definition) is 4. The summed E-state index contributed by atoms with van der Waals surface area (Å²) >= 11 is 0. The first-order valence-corrected chi connectivity index (χ1v) is 7.04. The Labute approximate surface area is 123 Å². The third-order valence-electron chi connectivity index (χ3n) is 3.65. The minimum atomic E-state index is 0.819. The average molecular weight is 282 g/mol. The van der Waals surface area contributed by atoms with Crippen molar-refractivity contribution < 1.29 is 5.21 Å². The summed E-state index contributed by atoms with van der Waals surface area (Å²) in [6, 6.07) is 14.7. The van der Waals surface area contributed by atoms with Crippen molar-refractivity contribution >= 4 is 23.3 Å². The quantitative estimate of drug-likeness (QED) is 0.406. The Morgan fingerprint density at radius 2 is 1.71 bits per heavy atom. The van der Waals surface area contributed by atoms with Crippen LogP contribution in [-0.4, -0.2) is 53.8 Å². The van der Waals surface area contributed by atoms with Crippen molar-refractivity contribution in [3.8, 4) is 0 Å². The van der Waals surface area contributed by atoms with E-state index in [2.05, 4.69) is 40.6 Å². The third-order valence-corrected chi connectivity index (χ3v) is 3.65. The first-order chi connectivity index (χ1) is 10.3. The van der Waals surface area contributed by atoms with Crippen molar-refractivity contribution in [3.05, 3.63) is 48.0 Å². The first kappa shape index (κ1) is 13.4. The van der Waals surface area contributed by atoms with Crippen LogP contribution >= 0.6 is 0 Å². The number of fused-ring (bicyclic) bond motifs is 1. The molecular weight excluding hydrogens is 264 g/mol. The van der Waals surface area contributed by atoms with Crippen LogP contribution in [0, 0.1) is 0 Å². The van der Waals surface area contributed by atoms with Crippen LogP contribution in [0.1, 0.15) is 5.56 Å². The molecule has 3 rings (SSSR count). The fourth-order valence-corrected chi connectivity index (χ4v) is 2.45. The summed E-state index contributed by atoms with van der Waals surface area (Å²) < 4.78 is 0. The average Bonchev–Trinajstić information content (AvgIpc) is 2.54. The van der Waals surface area contributed by atoms with Gasteiger partial charge in [0.05, 0.1) is 19.3 Å². The highest BCUT2D eigenvalue weighted by Gasteiger charge is 2.12. The molecule has 0 amide bonds. The van der Waals surface area contributed by atoms with Crippen molar-refractivity contribution in [3.63, 3.8) is 0 Å². The second-order valence-electron chi connectivity index (χ2n) is 5.07. The number of nitrogens with zero attached hydrogens (tertiary/aromatic N) is 4. The van der Waals surface area contributed by atoms with E-state index in [1.807, 2.05) is 28.3 Å². The number of hydrazone groups is 1. The standard InChI is InChI=1S/C16H18N4O/c21-18-13-19-7-9-20(10-8-19)17-12-14-5-6-15-3-1-2-4-16(15)11-14/h1-6,11-13,21H,7-10H2. The highest BCUT2D eigenvalue weighted by Crippen LogP contribution is 2.14. The van der Waals surface area contributed by atoms with Gasteiger partial charge in [-0.3, -0.25) is 5.01 Å². The van der Waals surface area contributed by atoms with Crippen molar-refractivity contribution in [1.29, 1.82) is 0 Å². The van der Waals surface area contributed by atoms with Crippen LogP contribution in [0.4, 0.5) is 0 Å². The number of hydrogen-bond donors (Lipinski definition) is 1. The maximum atomic E-state index is 8.51. The van der Waals surface area contributed by atoms with Crippen LogP contribution in [0.3, 0.4) is 0 Å². The number of oxime groups is 1. The maximum absolute atomic E-state index is 8.51. The van der Waals surface area contributed by atoms with E-state index < -0.39 is 0 Å². The van der Waals surface area contributed by atoms with Crippen LogP contribution in [-0.2, 0) is 0 Å². The molecule has 5 heteroatoms. The molecule has 2 aromatic carbocycles. The van der Waals surface area contributed by atoms with Crippen LogP contribution in [0.15, 0.2) is 52.7 Å². The van der Waals surface area contributed by atoms with E-state index in [0.717, 1.165) is 31.7 Å². The lowest BCUT2D eigenvalue weighted by atomic mass is 10.1. The van der Waals surface area contributed by atoms with Gasteiger partial charge in [0.25, 0.3) is 0 Å². The Balaban J connectivity index is 1.65. The zero-order valence-corrected chi connectivity index (χ0v) is 11.8. The van der Waals surface area contributed by atoms with Crippen molar-refractivity contribution in [2.75, 3.05) is 26.2 Å². The number of rotatable bonds is 3. The number of benzene rings is 2. The molecular formula is C16H18N4O. The molecule has 2 aromatic rings. The molecule has 5 nitrogen and oxygen atoms in total. The highest BCUT2D eigenvalue weighted by molar-refractivity contribution is 5.90. The summed E-state index contributed by atoms with van der Waals surface area (Å²) in [7, 11) is 0. The summed E-state index contributed by atoms with van der Waals surface area (Å²) in [5.74, 6) is 0. The zero-order valence-electron chi connectivity index (χ0n) is 11.8. The Hall–Kier alpha value is -2.56. The van der Waals surface area contributed by atoms with Gasteiger partial charge in [0.15, 0.2) is 0 Å². The predicted octanol–water partition coefficient (Wildman–Crippen LogP) is 2.21. The molecule has 108 valence electrons. The van der Waals surface area contributed by atoms with Gasteiger partial charge in [-0.25, -0.2) is 0 Å². The molecule has 0 aromatic heterocycles. The maximum Gasteiger partial charge on any atom is 0.130 e. The van der Waals surface area contributed by atoms with E-state index in [1.165, 1.54) is 17.1 Å². The Kier molecular flexibility index (Phi) is 4.00. The molecule has 0 radical (unpaired) electrons. The third kappa shape index (κ3) is 3.31. The molecule has 1 saturated heterocycles. The summed E-state index contributed by atoms with van der Waals surface area (Å²) in [6.07, 6.45) is 3.37. The molecule has 1 aliphatic rings. The van der Waals surface area contributed by atoms with Crippen LogP contribution in [0.2, 0.25) is 0 Å². The van der Waals surface area contributed by atoms with Gasteiger partial charge in [-0.05, 0) is 22.4 Å². The fraction of sp³-hybridized carbons (Fsp3) is 0.250. The fourth-order valence-electron chi connectivity index (χ4n) is 2.45. The van der Waals surface area contributed by atoms with E-state index in [1.54, 1.807) is 0 Å². The molecule has 0 unspecified atom stereocenters. The second-order valence-corrected chi connectivity index (χ2v) is 5.07. The minimum absolute atomic E-state index is 0.819. The first-order valence-electron chi connectivity index (χ1n) is 7.04.